The Kier molecular flexibility index (Phi) is 3.73. The number of carbonyl (C=O) groups is 1. The Morgan fingerprint density at radius 3 is 2.80 bits per heavy atom. The van der Waals surface area contributed by atoms with Gasteiger partial charge in [0.1, 0.15) is 11.6 Å². The molecule has 1 aromatic carbocycles. The lowest BCUT2D eigenvalue weighted by atomic mass is 9.59. The molecule has 0 aromatic heterocycles. The topological polar surface area (TPSA) is 38.3 Å². The minimum Gasteiger partial charge on any atom is -0.373 e. The first kappa shape index (κ1) is 17.0. The van der Waals surface area contributed by atoms with E-state index in [-0.39, 0.29) is 28.7 Å². The van der Waals surface area contributed by atoms with E-state index >= 15 is 0 Å². The molecule has 3 fully saturated rings. The molecule has 5 atom stereocenters. The number of benzene rings is 1. The average molecular weight is 349 g/mol. The van der Waals surface area contributed by atoms with E-state index in [9.17, 15) is 13.6 Å². The van der Waals surface area contributed by atoms with Crippen molar-refractivity contribution in [3.8, 4) is 0 Å². The maximum atomic E-state index is 14.4. The lowest BCUT2D eigenvalue weighted by Gasteiger charge is -2.53. The Morgan fingerprint density at radius 2 is 2.08 bits per heavy atom. The number of carbonyl (C=O) groups excluding carboxylic acids is 1. The zero-order valence-corrected chi connectivity index (χ0v) is 14.9. The first-order chi connectivity index (χ1) is 11.8. The molecule has 4 rings (SSSR count). The molecule has 5 heteroatoms. The summed E-state index contributed by atoms with van der Waals surface area (Å²) in [6, 6.07) is 3.63. The molecule has 0 unspecified atom stereocenters. The zero-order chi connectivity index (χ0) is 18.0. The Hall–Kier alpha value is -1.49. The molecule has 25 heavy (non-hydrogen) atoms. The van der Waals surface area contributed by atoms with Crippen molar-refractivity contribution in [3.05, 3.63) is 35.4 Å². The third-order valence-electron chi connectivity index (χ3n) is 7.12. The van der Waals surface area contributed by atoms with Crippen LogP contribution in [0.25, 0.3) is 0 Å². The molecule has 1 saturated heterocycles. The van der Waals surface area contributed by atoms with Gasteiger partial charge in [-0.1, -0.05) is 13.8 Å². The van der Waals surface area contributed by atoms with Gasteiger partial charge in [0.25, 0.3) is 0 Å². The van der Waals surface area contributed by atoms with E-state index < -0.39 is 17.7 Å². The quantitative estimate of drug-likeness (QED) is 0.877. The number of hydrogen-bond acceptors (Lipinski definition) is 2. The molecule has 1 aliphatic heterocycles. The van der Waals surface area contributed by atoms with Gasteiger partial charge < -0.3 is 10.1 Å². The third-order valence-corrected chi connectivity index (χ3v) is 7.12. The van der Waals surface area contributed by atoms with Crippen molar-refractivity contribution in [1.82, 2.24) is 5.32 Å². The second kappa shape index (κ2) is 5.50. The highest BCUT2D eigenvalue weighted by molar-refractivity contribution is 5.73. The van der Waals surface area contributed by atoms with Gasteiger partial charge in [-0.05, 0) is 60.1 Å². The molecule has 1 amide bonds. The molecule has 1 aromatic rings. The fourth-order valence-electron chi connectivity index (χ4n) is 6.03. The third kappa shape index (κ3) is 2.35. The maximum Gasteiger partial charge on any atom is 0.217 e. The number of fused-ring (bicyclic) bond motifs is 1. The van der Waals surface area contributed by atoms with Crippen LogP contribution in [0, 0.1) is 34.3 Å². The molecule has 136 valence electrons. The average Bonchev–Trinajstić information content (AvgIpc) is 3.02. The number of halogens is 2. The fraction of sp³-hybridized carbons (Fsp3) is 0.650. The molecule has 3 nitrogen and oxygen atoms in total. The van der Waals surface area contributed by atoms with Crippen molar-refractivity contribution < 1.29 is 18.3 Å². The highest BCUT2D eigenvalue weighted by atomic mass is 19.1. The van der Waals surface area contributed by atoms with Crippen LogP contribution in [0.3, 0.4) is 0 Å². The molecule has 3 aliphatic rings. The van der Waals surface area contributed by atoms with Gasteiger partial charge in [-0.15, -0.1) is 0 Å². The van der Waals surface area contributed by atoms with Gasteiger partial charge in [-0.3, -0.25) is 4.79 Å². The Labute approximate surface area is 147 Å². The van der Waals surface area contributed by atoms with E-state index in [1.54, 1.807) is 6.92 Å². The molecular weight excluding hydrogens is 324 g/mol. The van der Waals surface area contributed by atoms with Crippen LogP contribution in [0.15, 0.2) is 18.2 Å². The fourth-order valence-corrected chi connectivity index (χ4v) is 6.03. The van der Waals surface area contributed by atoms with Gasteiger partial charge in [-0.2, -0.15) is 0 Å². The predicted molar refractivity (Wildman–Crippen MR) is 89.7 cm³/mol. The number of ether oxygens (including phenoxy) is 1. The SMILES string of the molecule is CC(=O)N[C@H]1C(C)(C)[C@@H]2C[C@@H]3[C@@H](c4cc(F)ccc4F)OCC[C@@]31C2. The first-order valence-corrected chi connectivity index (χ1v) is 9.09. The van der Waals surface area contributed by atoms with Crippen LogP contribution in [-0.4, -0.2) is 18.6 Å². The van der Waals surface area contributed by atoms with Gasteiger partial charge in [-0.25, -0.2) is 8.78 Å². The van der Waals surface area contributed by atoms with Crippen molar-refractivity contribution in [2.45, 2.75) is 52.2 Å². The summed E-state index contributed by atoms with van der Waals surface area (Å²) in [5, 5.41) is 3.19. The second-order valence-electron chi connectivity index (χ2n) is 8.64. The highest BCUT2D eigenvalue weighted by Gasteiger charge is 2.68. The second-order valence-corrected chi connectivity index (χ2v) is 8.64. The van der Waals surface area contributed by atoms with Crippen LogP contribution in [0.5, 0.6) is 0 Å². The molecule has 2 saturated carbocycles. The summed E-state index contributed by atoms with van der Waals surface area (Å²) in [5.41, 5.74) is 0.225. The minimum atomic E-state index is -0.443. The van der Waals surface area contributed by atoms with Crippen LogP contribution >= 0.6 is 0 Å². The lowest BCUT2D eigenvalue weighted by Crippen LogP contribution is -2.58. The van der Waals surface area contributed by atoms with Crippen molar-refractivity contribution in [2.75, 3.05) is 6.61 Å². The molecular formula is C20H25F2NO2. The van der Waals surface area contributed by atoms with Crippen LogP contribution in [0.1, 0.15) is 51.7 Å². The van der Waals surface area contributed by atoms with Crippen LogP contribution in [0.4, 0.5) is 8.78 Å². The van der Waals surface area contributed by atoms with E-state index in [1.807, 2.05) is 0 Å². The number of rotatable bonds is 2. The standard InChI is InChI=1S/C20H25F2NO2/c1-11(24)23-18-19(2,3)12-8-15-17(25-7-6-20(15,18)10-12)14-9-13(21)4-5-16(14)22/h4-5,9,12,15,17-18H,6-8,10H2,1-3H3,(H,23,24)/t12-,15-,17-,18+,20-/m1/s1. The summed E-state index contributed by atoms with van der Waals surface area (Å²) in [5.74, 6) is -0.329. The summed E-state index contributed by atoms with van der Waals surface area (Å²) >= 11 is 0. The maximum absolute atomic E-state index is 14.4. The van der Waals surface area contributed by atoms with Crippen LogP contribution < -0.4 is 5.32 Å². The highest BCUT2D eigenvalue weighted by Crippen LogP contribution is 2.70. The largest absolute Gasteiger partial charge is 0.373 e. The van der Waals surface area contributed by atoms with Gasteiger partial charge >= 0.3 is 0 Å². The summed E-state index contributed by atoms with van der Waals surface area (Å²) in [4.78, 5) is 11.8. The number of hydrogen-bond donors (Lipinski definition) is 1. The van der Waals surface area contributed by atoms with E-state index in [1.165, 1.54) is 12.1 Å². The molecule has 0 radical (unpaired) electrons. The number of amides is 1. The minimum absolute atomic E-state index is 0.00451. The van der Waals surface area contributed by atoms with Gasteiger partial charge in [0.15, 0.2) is 0 Å². The van der Waals surface area contributed by atoms with E-state index in [4.69, 9.17) is 4.74 Å². The van der Waals surface area contributed by atoms with Gasteiger partial charge in [0.05, 0.1) is 6.10 Å². The molecule has 1 N–H and O–H groups in total. The summed E-state index contributed by atoms with van der Waals surface area (Å²) < 4.78 is 34.1. The Morgan fingerprint density at radius 1 is 1.32 bits per heavy atom. The van der Waals surface area contributed by atoms with E-state index in [0.717, 1.165) is 25.3 Å². The van der Waals surface area contributed by atoms with E-state index in [0.29, 0.717) is 18.1 Å². The lowest BCUT2D eigenvalue weighted by molar-refractivity contribution is -0.136. The van der Waals surface area contributed by atoms with Crippen molar-refractivity contribution in [3.63, 3.8) is 0 Å². The number of nitrogens with one attached hydrogen (secondary N) is 1. The monoisotopic (exact) mass is 349 g/mol. The molecule has 2 aliphatic carbocycles. The van der Waals surface area contributed by atoms with Crippen LogP contribution in [0.2, 0.25) is 0 Å². The van der Waals surface area contributed by atoms with Crippen LogP contribution in [-0.2, 0) is 9.53 Å². The van der Waals surface area contributed by atoms with Crippen molar-refractivity contribution >= 4 is 5.91 Å². The molecule has 2 bridgehead atoms. The zero-order valence-electron chi connectivity index (χ0n) is 14.9. The Balaban J connectivity index is 1.75. The summed E-state index contributed by atoms with van der Waals surface area (Å²) in [7, 11) is 0. The van der Waals surface area contributed by atoms with E-state index in [2.05, 4.69) is 19.2 Å². The summed E-state index contributed by atoms with van der Waals surface area (Å²) in [6.07, 6.45) is 2.37. The summed E-state index contributed by atoms with van der Waals surface area (Å²) in [6.45, 7) is 6.50. The van der Waals surface area contributed by atoms with Gasteiger partial charge in [0, 0.05) is 25.1 Å². The normalized spacial score (nSPS) is 38.4. The van der Waals surface area contributed by atoms with Crippen molar-refractivity contribution in [1.29, 1.82) is 0 Å². The smallest absolute Gasteiger partial charge is 0.217 e. The first-order valence-electron chi connectivity index (χ1n) is 9.09. The Bertz CT molecular complexity index is 720. The predicted octanol–water partition coefficient (Wildman–Crippen LogP) is 3.98. The molecule has 1 spiro atoms. The van der Waals surface area contributed by atoms with Crippen molar-refractivity contribution in [2.24, 2.45) is 22.7 Å². The van der Waals surface area contributed by atoms with Gasteiger partial charge in [0.2, 0.25) is 5.91 Å². The molecule has 1 heterocycles.